The number of alkyl carbamates (subject to hydrolysis) is 1. The molecule has 6 heteroatoms. The third-order valence-corrected chi connectivity index (χ3v) is 6.38. The minimum Gasteiger partial charge on any atom is -0.444 e. The lowest BCUT2D eigenvalue weighted by atomic mass is 10.0. The molecule has 0 radical (unpaired) electrons. The highest BCUT2D eigenvalue weighted by Crippen LogP contribution is 2.18. The van der Waals surface area contributed by atoms with Gasteiger partial charge in [-0.2, -0.15) is 0 Å². The van der Waals surface area contributed by atoms with Crippen LogP contribution >= 0.6 is 0 Å². The summed E-state index contributed by atoms with van der Waals surface area (Å²) in [5.41, 5.74) is 4.52. The van der Waals surface area contributed by atoms with Crippen molar-refractivity contribution >= 4 is 16.9 Å². The van der Waals surface area contributed by atoms with Crippen LogP contribution in [-0.4, -0.2) is 28.8 Å². The molecule has 38 heavy (non-hydrogen) atoms. The van der Waals surface area contributed by atoms with Crippen LogP contribution in [0, 0.1) is 13.8 Å². The van der Waals surface area contributed by atoms with Crippen LogP contribution in [0.4, 0.5) is 4.79 Å². The highest BCUT2D eigenvalue weighted by atomic mass is 16.6. The number of ether oxygens (including phenoxy) is 1. The van der Waals surface area contributed by atoms with Gasteiger partial charge in [-0.05, 0) is 92.3 Å². The molecular formula is C32H37N3O3. The fraction of sp³-hybridized carbons (Fsp3) is 0.312. The molecule has 0 saturated heterocycles. The van der Waals surface area contributed by atoms with Gasteiger partial charge < -0.3 is 15.4 Å². The number of pyridine rings is 1. The smallest absolute Gasteiger partial charge is 0.407 e. The Balaban J connectivity index is 1.50. The first kappa shape index (κ1) is 27.1. The Hall–Kier alpha value is -3.90. The summed E-state index contributed by atoms with van der Waals surface area (Å²) in [7, 11) is 0. The minimum atomic E-state index is -0.556. The highest BCUT2D eigenvalue weighted by Gasteiger charge is 2.18. The number of hydrogen-bond acceptors (Lipinski definition) is 4. The van der Waals surface area contributed by atoms with Gasteiger partial charge in [0.15, 0.2) is 0 Å². The molecule has 0 saturated carbocycles. The maximum absolute atomic E-state index is 12.5. The van der Waals surface area contributed by atoms with Crippen molar-refractivity contribution in [2.24, 2.45) is 0 Å². The van der Waals surface area contributed by atoms with Gasteiger partial charge in [0.25, 0.3) is 5.56 Å². The molecule has 6 nitrogen and oxygen atoms in total. The van der Waals surface area contributed by atoms with Gasteiger partial charge in [-0.25, -0.2) is 4.79 Å². The van der Waals surface area contributed by atoms with E-state index in [-0.39, 0.29) is 11.6 Å². The third kappa shape index (κ3) is 7.33. The van der Waals surface area contributed by atoms with E-state index in [0.717, 1.165) is 22.4 Å². The first-order chi connectivity index (χ1) is 18.1. The summed E-state index contributed by atoms with van der Waals surface area (Å²) in [5.74, 6) is 0. The molecule has 0 spiro atoms. The molecule has 1 amide bonds. The Morgan fingerprint density at radius 2 is 1.66 bits per heavy atom. The van der Waals surface area contributed by atoms with Crippen LogP contribution in [0.1, 0.15) is 43.0 Å². The van der Waals surface area contributed by atoms with Gasteiger partial charge in [-0.3, -0.25) is 9.36 Å². The fourth-order valence-corrected chi connectivity index (χ4v) is 4.52. The second-order valence-electron chi connectivity index (χ2n) is 10.9. The number of carbonyl (C=O) groups excluding carboxylic acids is 1. The summed E-state index contributed by atoms with van der Waals surface area (Å²) in [6, 6.07) is 24.5. The Morgan fingerprint density at radius 1 is 0.921 bits per heavy atom. The second kappa shape index (κ2) is 11.7. The first-order valence-corrected chi connectivity index (χ1v) is 13.0. The molecule has 0 bridgehead atoms. The fourth-order valence-electron chi connectivity index (χ4n) is 4.52. The predicted molar refractivity (Wildman–Crippen MR) is 154 cm³/mol. The van der Waals surface area contributed by atoms with Gasteiger partial charge in [0.1, 0.15) is 5.60 Å². The molecule has 0 aliphatic heterocycles. The lowest BCUT2D eigenvalue weighted by molar-refractivity contribution is 0.0522. The van der Waals surface area contributed by atoms with E-state index in [1.807, 2.05) is 71.1 Å². The van der Waals surface area contributed by atoms with Gasteiger partial charge in [0.05, 0.1) is 5.69 Å². The third-order valence-electron chi connectivity index (χ3n) is 6.38. The number of aryl methyl sites for hydroxylation is 2. The maximum Gasteiger partial charge on any atom is 0.407 e. The summed E-state index contributed by atoms with van der Waals surface area (Å²) in [6.45, 7) is 10.6. The van der Waals surface area contributed by atoms with Crippen LogP contribution in [-0.2, 0) is 17.7 Å². The van der Waals surface area contributed by atoms with E-state index in [1.165, 1.54) is 16.3 Å². The van der Waals surface area contributed by atoms with Crippen LogP contribution < -0.4 is 16.2 Å². The molecule has 4 aromatic rings. The molecule has 0 aliphatic rings. The van der Waals surface area contributed by atoms with Crippen molar-refractivity contribution in [3.63, 3.8) is 0 Å². The van der Waals surface area contributed by atoms with Gasteiger partial charge in [-0.15, -0.1) is 0 Å². The van der Waals surface area contributed by atoms with Crippen LogP contribution in [0.25, 0.3) is 16.5 Å². The molecule has 0 aliphatic carbocycles. The minimum absolute atomic E-state index is 0.0265. The summed E-state index contributed by atoms with van der Waals surface area (Å²) >= 11 is 0. The summed E-state index contributed by atoms with van der Waals surface area (Å²) in [5, 5.41) is 8.96. The van der Waals surface area contributed by atoms with Crippen molar-refractivity contribution in [2.75, 3.05) is 6.54 Å². The highest BCUT2D eigenvalue weighted by molar-refractivity contribution is 5.83. The number of benzene rings is 3. The molecule has 1 heterocycles. The number of nitrogens with one attached hydrogen (secondary N) is 2. The number of fused-ring (bicyclic) bond motifs is 1. The van der Waals surface area contributed by atoms with Crippen LogP contribution in [0.2, 0.25) is 0 Å². The van der Waals surface area contributed by atoms with E-state index >= 15 is 0 Å². The van der Waals surface area contributed by atoms with Crippen LogP contribution in [0.3, 0.4) is 0 Å². The summed E-state index contributed by atoms with van der Waals surface area (Å²) < 4.78 is 7.11. The Bertz CT molecular complexity index is 1480. The van der Waals surface area contributed by atoms with Gasteiger partial charge in [-0.1, -0.05) is 48.5 Å². The standard InChI is InChI=1S/C32H37N3O3/c1-22-14-15-35(30(36)16-22)29-13-11-24(17-23(29)2)19-28(21-34-31(37)38-32(3,4)5)33-20-25-10-12-26-8-6-7-9-27(26)18-25/h6-18,28,33H,19-21H2,1-5H3,(H,34,37). The largest absolute Gasteiger partial charge is 0.444 e. The monoisotopic (exact) mass is 511 g/mol. The van der Waals surface area contributed by atoms with E-state index < -0.39 is 11.7 Å². The Kier molecular flexibility index (Phi) is 8.32. The zero-order chi connectivity index (χ0) is 27.3. The van der Waals surface area contributed by atoms with Gasteiger partial charge in [0, 0.05) is 31.4 Å². The van der Waals surface area contributed by atoms with Crippen molar-refractivity contribution in [3.8, 4) is 5.69 Å². The first-order valence-electron chi connectivity index (χ1n) is 13.0. The number of hydrogen-bond donors (Lipinski definition) is 2. The predicted octanol–water partition coefficient (Wildman–Crippen LogP) is 5.83. The summed E-state index contributed by atoms with van der Waals surface area (Å²) in [6.07, 6.45) is 2.09. The number of aromatic nitrogens is 1. The average Bonchev–Trinajstić information content (AvgIpc) is 2.85. The van der Waals surface area contributed by atoms with Crippen molar-refractivity contribution in [3.05, 3.63) is 112 Å². The van der Waals surface area contributed by atoms with Gasteiger partial charge in [0.2, 0.25) is 0 Å². The molecule has 1 atom stereocenters. The van der Waals surface area contributed by atoms with Crippen molar-refractivity contribution in [1.29, 1.82) is 0 Å². The van der Waals surface area contributed by atoms with E-state index in [4.69, 9.17) is 4.74 Å². The maximum atomic E-state index is 12.5. The van der Waals surface area contributed by atoms with E-state index in [9.17, 15) is 9.59 Å². The zero-order valence-electron chi connectivity index (χ0n) is 22.9. The van der Waals surface area contributed by atoms with Crippen LogP contribution in [0.15, 0.2) is 83.8 Å². The Labute approximate surface area is 224 Å². The van der Waals surface area contributed by atoms with Crippen LogP contribution in [0.5, 0.6) is 0 Å². The summed E-state index contributed by atoms with van der Waals surface area (Å²) in [4.78, 5) is 24.9. The molecule has 2 N–H and O–H groups in total. The number of nitrogens with zero attached hydrogens (tertiary/aromatic N) is 1. The van der Waals surface area contributed by atoms with Crippen molar-refractivity contribution in [1.82, 2.24) is 15.2 Å². The molecule has 1 aromatic heterocycles. The second-order valence-corrected chi connectivity index (χ2v) is 10.9. The van der Waals surface area contributed by atoms with Gasteiger partial charge >= 0.3 is 6.09 Å². The zero-order valence-corrected chi connectivity index (χ0v) is 22.9. The number of amides is 1. The molecule has 1 unspecified atom stereocenters. The van der Waals surface area contributed by atoms with Crippen molar-refractivity contribution < 1.29 is 9.53 Å². The lowest BCUT2D eigenvalue weighted by Crippen LogP contribution is -2.43. The molecule has 3 aromatic carbocycles. The normalized spacial score (nSPS) is 12.3. The molecule has 0 fully saturated rings. The topological polar surface area (TPSA) is 72.4 Å². The quantitative estimate of drug-likeness (QED) is 0.312. The Morgan fingerprint density at radius 3 is 2.37 bits per heavy atom. The molecule has 198 valence electrons. The van der Waals surface area contributed by atoms with Crippen molar-refractivity contribution in [2.45, 2.75) is 59.2 Å². The lowest BCUT2D eigenvalue weighted by Gasteiger charge is -2.23. The number of carbonyl (C=O) groups is 1. The SMILES string of the molecule is Cc1ccn(-c2ccc(CC(CNC(=O)OC(C)(C)C)NCc3ccc4ccccc4c3)cc2C)c(=O)c1. The average molecular weight is 512 g/mol. The van der Waals surface area contributed by atoms with E-state index in [2.05, 4.69) is 47.0 Å². The van der Waals surface area contributed by atoms with E-state index in [0.29, 0.717) is 19.5 Å². The number of rotatable bonds is 8. The van der Waals surface area contributed by atoms with E-state index in [1.54, 1.807) is 10.6 Å². The molecule has 4 rings (SSSR count). The molecular weight excluding hydrogens is 474 g/mol.